The number of nitrogens with one attached hydrogen (secondary N) is 1. The van der Waals surface area contributed by atoms with E-state index < -0.39 is 6.03 Å². The maximum atomic E-state index is 10.5. The van der Waals surface area contributed by atoms with Gasteiger partial charge in [0.25, 0.3) is 0 Å². The highest BCUT2D eigenvalue weighted by Gasteiger charge is 2.02. The maximum Gasteiger partial charge on any atom is 0.332 e. The van der Waals surface area contributed by atoms with E-state index in [0.29, 0.717) is 10.6 Å². The molecule has 2 rings (SSSR count). The molecule has 96 valence electrons. The minimum absolute atomic E-state index is 0.552. The van der Waals surface area contributed by atoms with Crippen LogP contribution in [0.2, 0.25) is 5.02 Å². The summed E-state index contributed by atoms with van der Waals surface area (Å²) in [5.41, 5.74) is 9.82. The molecule has 2 amide bonds. The predicted molar refractivity (Wildman–Crippen MR) is 77.2 cm³/mol. The number of primary amides is 1. The molecule has 0 saturated carbocycles. The van der Waals surface area contributed by atoms with Gasteiger partial charge in [-0.05, 0) is 17.2 Å². The molecule has 0 aliphatic rings. The number of nitrogens with two attached hydrogens (primary N) is 1. The normalized spacial score (nSPS) is 10.6. The molecule has 3 N–H and O–H groups in total. The van der Waals surface area contributed by atoms with Crippen molar-refractivity contribution in [3.05, 3.63) is 59.1 Å². The van der Waals surface area contributed by atoms with Crippen LogP contribution in [0.3, 0.4) is 0 Å². The summed E-state index contributed by atoms with van der Waals surface area (Å²) in [6.45, 7) is 0. The van der Waals surface area contributed by atoms with Gasteiger partial charge in [0.1, 0.15) is 0 Å². The van der Waals surface area contributed by atoms with E-state index in [1.54, 1.807) is 0 Å². The molecule has 2 aromatic rings. The molecule has 0 aromatic heterocycles. The molecule has 0 fully saturated rings. The Kier molecular flexibility index (Phi) is 4.15. The van der Waals surface area contributed by atoms with Gasteiger partial charge in [0.15, 0.2) is 0 Å². The van der Waals surface area contributed by atoms with Crippen LogP contribution in [0.1, 0.15) is 5.56 Å². The summed E-state index contributed by atoms with van der Waals surface area (Å²) >= 11 is 6.16. The van der Waals surface area contributed by atoms with Crippen molar-refractivity contribution in [2.45, 2.75) is 0 Å². The fraction of sp³-hybridized carbons (Fsp3) is 0. The first kappa shape index (κ1) is 13.1. The van der Waals surface area contributed by atoms with Crippen LogP contribution in [0.5, 0.6) is 0 Å². The van der Waals surface area contributed by atoms with Crippen LogP contribution in [0.4, 0.5) is 4.79 Å². The summed E-state index contributed by atoms with van der Waals surface area (Å²) < 4.78 is 0. The van der Waals surface area contributed by atoms with E-state index in [1.165, 1.54) is 6.21 Å². The summed E-state index contributed by atoms with van der Waals surface area (Å²) in [5.74, 6) is 0. The summed E-state index contributed by atoms with van der Waals surface area (Å²) in [6, 6.07) is 14.8. The minimum atomic E-state index is -0.715. The van der Waals surface area contributed by atoms with Gasteiger partial charge in [-0.15, -0.1) is 0 Å². The van der Waals surface area contributed by atoms with Crippen LogP contribution in [-0.4, -0.2) is 12.2 Å². The van der Waals surface area contributed by atoms with Crippen molar-refractivity contribution < 1.29 is 4.79 Å². The number of rotatable bonds is 3. The van der Waals surface area contributed by atoms with Crippen molar-refractivity contribution in [2.24, 2.45) is 10.8 Å². The molecule has 4 nitrogen and oxygen atoms in total. The second-order valence-corrected chi connectivity index (χ2v) is 4.24. The van der Waals surface area contributed by atoms with Crippen LogP contribution >= 0.6 is 11.6 Å². The highest BCUT2D eigenvalue weighted by molar-refractivity contribution is 6.33. The van der Waals surface area contributed by atoms with Gasteiger partial charge in [-0.25, -0.2) is 10.2 Å². The van der Waals surface area contributed by atoms with Gasteiger partial charge in [-0.1, -0.05) is 54.1 Å². The molecule has 0 radical (unpaired) electrons. The second kappa shape index (κ2) is 6.02. The third-order valence-corrected chi connectivity index (χ3v) is 2.81. The van der Waals surface area contributed by atoms with E-state index in [9.17, 15) is 4.79 Å². The Bertz CT molecular complexity index is 611. The molecule has 0 saturated heterocycles. The molecule has 5 heteroatoms. The van der Waals surface area contributed by atoms with Crippen molar-refractivity contribution in [1.82, 2.24) is 5.43 Å². The monoisotopic (exact) mass is 273 g/mol. The van der Waals surface area contributed by atoms with Crippen molar-refractivity contribution in [3.63, 3.8) is 0 Å². The quantitative estimate of drug-likeness (QED) is 0.655. The number of hydrazone groups is 1. The zero-order chi connectivity index (χ0) is 13.7. The fourth-order valence-corrected chi connectivity index (χ4v) is 1.84. The number of carbonyl (C=O) groups excluding carboxylic acids is 1. The first-order valence-corrected chi connectivity index (χ1v) is 5.98. The lowest BCUT2D eigenvalue weighted by Crippen LogP contribution is -2.24. The summed E-state index contributed by atoms with van der Waals surface area (Å²) in [4.78, 5) is 10.5. The zero-order valence-electron chi connectivity index (χ0n) is 10.0. The highest BCUT2D eigenvalue weighted by Crippen LogP contribution is 2.24. The Balaban J connectivity index is 2.23. The molecule has 0 atom stereocenters. The number of nitrogens with zero attached hydrogens (tertiary/aromatic N) is 1. The molecule has 0 unspecified atom stereocenters. The van der Waals surface area contributed by atoms with Gasteiger partial charge in [-0.2, -0.15) is 5.10 Å². The van der Waals surface area contributed by atoms with E-state index in [4.69, 9.17) is 17.3 Å². The third-order valence-electron chi connectivity index (χ3n) is 2.49. The lowest BCUT2D eigenvalue weighted by atomic mass is 10.0. The number of hydrogen-bond donors (Lipinski definition) is 2. The zero-order valence-corrected chi connectivity index (χ0v) is 10.8. The van der Waals surface area contributed by atoms with Gasteiger partial charge in [0.05, 0.1) is 11.2 Å². The Morgan fingerprint density at radius 1 is 1.16 bits per heavy atom. The number of amides is 2. The van der Waals surface area contributed by atoms with Crippen LogP contribution in [0.25, 0.3) is 11.1 Å². The van der Waals surface area contributed by atoms with Crippen LogP contribution < -0.4 is 11.2 Å². The topological polar surface area (TPSA) is 67.5 Å². The largest absolute Gasteiger partial charge is 0.350 e. The van der Waals surface area contributed by atoms with E-state index in [-0.39, 0.29) is 0 Å². The van der Waals surface area contributed by atoms with Gasteiger partial charge in [-0.3, -0.25) is 0 Å². The number of urea groups is 1. The minimum Gasteiger partial charge on any atom is -0.350 e. The van der Waals surface area contributed by atoms with Crippen LogP contribution in [-0.2, 0) is 0 Å². The lowest BCUT2D eigenvalue weighted by Gasteiger charge is -2.04. The number of hydrogen-bond acceptors (Lipinski definition) is 2. The van der Waals surface area contributed by atoms with Gasteiger partial charge in [0, 0.05) is 5.56 Å². The molecular formula is C14H12ClN3O. The molecule has 19 heavy (non-hydrogen) atoms. The summed E-state index contributed by atoms with van der Waals surface area (Å²) in [6.07, 6.45) is 1.45. The summed E-state index contributed by atoms with van der Waals surface area (Å²) in [5, 5.41) is 4.22. The lowest BCUT2D eigenvalue weighted by molar-refractivity contribution is 0.249. The van der Waals surface area contributed by atoms with Crippen molar-refractivity contribution in [1.29, 1.82) is 0 Å². The predicted octanol–water partition coefficient (Wildman–Crippen LogP) is 3.01. The number of benzene rings is 2. The average Bonchev–Trinajstić information content (AvgIpc) is 2.41. The van der Waals surface area contributed by atoms with E-state index in [0.717, 1.165) is 11.1 Å². The maximum absolute atomic E-state index is 10.5. The number of halogens is 1. The van der Waals surface area contributed by atoms with Crippen molar-refractivity contribution in [2.75, 3.05) is 0 Å². The number of carbonyl (C=O) groups is 1. The fourth-order valence-electron chi connectivity index (χ4n) is 1.61. The summed E-state index contributed by atoms with van der Waals surface area (Å²) in [7, 11) is 0. The first-order valence-electron chi connectivity index (χ1n) is 5.60. The molecule has 0 aliphatic carbocycles. The van der Waals surface area contributed by atoms with Crippen LogP contribution in [0.15, 0.2) is 53.6 Å². The molecule has 0 heterocycles. The standard InChI is InChI=1S/C14H12ClN3O/c15-13-8-11(10-4-2-1-3-5-10)6-7-12(13)9-17-18-14(16)19/h1-9H,(H3,16,18,19). The van der Waals surface area contributed by atoms with Crippen LogP contribution in [0, 0.1) is 0 Å². The Morgan fingerprint density at radius 2 is 1.89 bits per heavy atom. The SMILES string of the molecule is NC(=O)NN=Cc1ccc(-c2ccccc2)cc1Cl. The average molecular weight is 274 g/mol. The highest BCUT2D eigenvalue weighted by atomic mass is 35.5. The molecular weight excluding hydrogens is 262 g/mol. The van der Waals surface area contributed by atoms with E-state index in [2.05, 4.69) is 10.5 Å². The van der Waals surface area contributed by atoms with Gasteiger partial charge < -0.3 is 5.73 Å². The van der Waals surface area contributed by atoms with E-state index in [1.807, 2.05) is 48.5 Å². The molecule has 2 aromatic carbocycles. The van der Waals surface area contributed by atoms with Gasteiger partial charge >= 0.3 is 6.03 Å². The Hall–Kier alpha value is -2.33. The van der Waals surface area contributed by atoms with E-state index >= 15 is 0 Å². The molecule has 0 bridgehead atoms. The first-order chi connectivity index (χ1) is 9.16. The van der Waals surface area contributed by atoms with Crippen molar-refractivity contribution in [3.8, 4) is 11.1 Å². The second-order valence-electron chi connectivity index (χ2n) is 3.84. The Labute approximate surface area is 115 Å². The van der Waals surface area contributed by atoms with Crippen molar-refractivity contribution >= 4 is 23.8 Å². The molecule has 0 aliphatic heterocycles. The van der Waals surface area contributed by atoms with Gasteiger partial charge in [0.2, 0.25) is 0 Å². The third kappa shape index (κ3) is 3.56. The molecule has 0 spiro atoms. The Morgan fingerprint density at radius 3 is 2.53 bits per heavy atom. The smallest absolute Gasteiger partial charge is 0.332 e.